The number of carbonyl (C=O) groups excluding carboxylic acids is 2. The largest absolute Gasteiger partial charge is 0.573 e. The molecule has 2 heterocycles. The third-order valence-corrected chi connectivity index (χ3v) is 6.50. The van der Waals surface area contributed by atoms with Crippen LogP contribution in [0.3, 0.4) is 0 Å². The molecule has 9 heteroatoms. The van der Waals surface area contributed by atoms with Gasteiger partial charge in [-0.1, -0.05) is 54.6 Å². The number of nitrogens with one attached hydrogen (secondary N) is 2. The van der Waals surface area contributed by atoms with Crippen LogP contribution in [0.15, 0.2) is 79.0 Å². The molecular formula is C28H24F3N3O3. The summed E-state index contributed by atoms with van der Waals surface area (Å²) in [6.45, 7) is 0.413. The Kier molecular flexibility index (Phi) is 6.60. The number of carbonyl (C=O) groups is 2. The van der Waals surface area contributed by atoms with Gasteiger partial charge >= 0.3 is 6.36 Å². The van der Waals surface area contributed by atoms with Crippen molar-refractivity contribution >= 4 is 22.7 Å². The Morgan fingerprint density at radius 3 is 2.51 bits per heavy atom. The van der Waals surface area contributed by atoms with Gasteiger partial charge in [0, 0.05) is 35.8 Å². The number of aromatic amines is 1. The summed E-state index contributed by atoms with van der Waals surface area (Å²) >= 11 is 0. The summed E-state index contributed by atoms with van der Waals surface area (Å²) in [7, 11) is 0. The summed E-state index contributed by atoms with van der Waals surface area (Å²) in [6, 6.07) is 19.7. The highest BCUT2D eigenvalue weighted by atomic mass is 19.4. The van der Waals surface area contributed by atoms with Gasteiger partial charge in [0.25, 0.3) is 5.91 Å². The third-order valence-electron chi connectivity index (χ3n) is 6.50. The molecule has 2 N–H and O–H groups in total. The fraction of sp³-hybridized carbons (Fsp3) is 0.214. The van der Waals surface area contributed by atoms with E-state index in [9.17, 15) is 22.8 Å². The molecule has 37 heavy (non-hydrogen) atoms. The first-order chi connectivity index (χ1) is 17.8. The highest BCUT2D eigenvalue weighted by Crippen LogP contribution is 2.35. The summed E-state index contributed by atoms with van der Waals surface area (Å²) in [5.41, 5.74) is 3.37. The van der Waals surface area contributed by atoms with Gasteiger partial charge in [-0.15, -0.1) is 13.2 Å². The average Bonchev–Trinajstić information content (AvgIpc) is 3.41. The smallest absolute Gasteiger partial charge is 0.406 e. The highest BCUT2D eigenvalue weighted by molar-refractivity contribution is 6.04. The van der Waals surface area contributed by atoms with Crippen LogP contribution in [0.5, 0.6) is 5.75 Å². The van der Waals surface area contributed by atoms with Crippen molar-refractivity contribution in [2.24, 2.45) is 0 Å². The number of benzene rings is 3. The van der Waals surface area contributed by atoms with Gasteiger partial charge in [-0.2, -0.15) is 0 Å². The Hall–Kier alpha value is -4.27. The van der Waals surface area contributed by atoms with Gasteiger partial charge in [-0.25, -0.2) is 0 Å². The van der Waals surface area contributed by atoms with E-state index in [1.54, 1.807) is 30.3 Å². The first kappa shape index (κ1) is 24.4. The molecule has 6 nitrogen and oxygen atoms in total. The maximum Gasteiger partial charge on any atom is 0.573 e. The maximum absolute atomic E-state index is 13.3. The Morgan fingerprint density at radius 2 is 1.68 bits per heavy atom. The summed E-state index contributed by atoms with van der Waals surface area (Å²) in [5.74, 6) is -0.988. The lowest BCUT2D eigenvalue weighted by molar-refractivity contribution is -0.274. The standard InChI is InChI=1S/C28H24F3N3O3/c29-28(30,31)37-24-12-6-1-7-18(24)14-16-34-25(21-9-2-3-10-22(21)27(34)36)26(35)32-15-13-19-17-33-23-11-5-4-8-20(19)23/h1-12,17,25,33H,13-16H2,(H,32,35). The Balaban J connectivity index is 1.31. The minimum absolute atomic E-state index is 0.0479. The number of H-pyrrole nitrogens is 1. The number of aromatic nitrogens is 1. The quantitative estimate of drug-likeness (QED) is 0.346. The fourth-order valence-electron chi connectivity index (χ4n) is 4.81. The van der Waals surface area contributed by atoms with Crippen LogP contribution in [-0.2, 0) is 17.6 Å². The molecule has 0 saturated carbocycles. The zero-order chi connectivity index (χ0) is 26.0. The van der Waals surface area contributed by atoms with Crippen molar-refractivity contribution in [3.63, 3.8) is 0 Å². The molecule has 0 spiro atoms. The predicted octanol–water partition coefficient (Wildman–Crippen LogP) is 5.17. The number of amides is 2. The van der Waals surface area contributed by atoms with E-state index in [2.05, 4.69) is 15.0 Å². The number of halogens is 3. The summed E-state index contributed by atoms with van der Waals surface area (Å²) in [5, 5.41) is 4.02. The first-order valence-electron chi connectivity index (χ1n) is 11.9. The fourth-order valence-corrected chi connectivity index (χ4v) is 4.81. The molecule has 0 bridgehead atoms. The van der Waals surface area contributed by atoms with E-state index < -0.39 is 12.4 Å². The van der Waals surface area contributed by atoms with E-state index in [0.717, 1.165) is 16.5 Å². The monoisotopic (exact) mass is 507 g/mol. The highest BCUT2D eigenvalue weighted by Gasteiger charge is 2.40. The van der Waals surface area contributed by atoms with Crippen LogP contribution in [0.25, 0.3) is 10.9 Å². The van der Waals surface area contributed by atoms with Crippen molar-refractivity contribution in [3.05, 3.63) is 101 Å². The van der Waals surface area contributed by atoms with Gasteiger partial charge in [-0.05, 0) is 47.7 Å². The summed E-state index contributed by atoms with van der Waals surface area (Å²) in [4.78, 5) is 31.1. The van der Waals surface area contributed by atoms with Crippen molar-refractivity contribution in [1.82, 2.24) is 15.2 Å². The van der Waals surface area contributed by atoms with Gasteiger partial charge in [-0.3, -0.25) is 9.59 Å². The van der Waals surface area contributed by atoms with Crippen molar-refractivity contribution < 1.29 is 27.5 Å². The molecule has 0 saturated heterocycles. The number of ether oxygens (including phenoxy) is 1. The molecule has 0 aliphatic carbocycles. The Morgan fingerprint density at radius 1 is 0.946 bits per heavy atom. The van der Waals surface area contributed by atoms with Crippen molar-refractivity contribution in [2.45, 2.75) is 25.2 Å². The molecule has 5 rings (SSSR count). The van der Waals surface area contributed by atoms with E-state index in [1.165, 1.54) is 23.1 Å². The third kappa shape index (κ3) is 5.16. The maximum atomic E-state index is 13.3. The molecule has 1 aliphatic rings. The average molecular weight is 508 g/mol. The van der Waals surface area contributed by atoms with Gasteiger partial charge in [0.05, 0.1) is 0 Å². The lowest BCUT2D eigenvalue weighted by Crippen LogP contribution is -2.40. The Labute approximate surface area is 211 Å². The van der Waals surface area contributed by atoms with Gasteiger partial charge in [0.2, 0.25) is 5.91 Å². The zero-order valence-corrected chi connectivity index (χ0v) is 19.7. The number of hydrogen-bond donors (Lipinski definition) is 2. The lowest BCUT2D eigenvalue weighted by Gasteiger charge is -2.25. The first-order valence-corrected chi connectivity index (χ1v) is 11.9. The number of rotatable bonds is 8. The molecule has 4 aromatic rings. The van der Waals surface area contributed by atoms with E-state index >= 15 is 0 Å². The van der Waals surface area contributed by atoms with Crippen molar-refractivity contribution in [1.29, 1.82) is 0 Å². The molecule has 0 fully saturated rings. The van der Waals surface area contributed by atoms with E-state index in [0.29, 0.717) is 29.7 Å². The number of hydrogen-bond acceptors (Lipinski definition) is 3. The molecule has 0 radical (unpaired) electrons. The van der Waals surface area contributed by atoms with Crippen molar-refractivity contribution in [2.75, 3.05) is 13.1 Å². The van der Waals surface area contributed by atoms with Crippen LogP contribution in [0, 0.1) is 0 Å². The molecule has 1 atom stereocenters. The minimum Gasteiger partial charge on any atom is -0.406 e. The molecule has 1 aliphatic heterocycles. The van der Waals surface area contributed by atoms with E-state index in [4.69, 9.17) is 0 Å². The van der Waals surface area contributed by atoms with E-state index in [-0.39, 0.29) is 30.5 Å². The molecule has 2 amide bonds. The van der Waals surface area contributed by atoms with Crippen LogP contribution < -0.4 is 10.1 Å². The van der Waals surface area contributed by atoms with Gasteiger partial charge < -0.3 is 19.9 Å². The van der Waals surface area contributed by atoms with Crippen LogP contribution in [-0.4, -0.2) is 41.2 Å². The second-order valence-electron chi connectivity index (χ2n) is 8.79. The second kappa shape index (κ2) is 10.0. The van der Waals surface area contributed by atoms with Crippen LogP contribution in [0.4, 0.5) is 13.2 Å². The van der Waals surface area contributed by atoms with Crippen LogP contribution >= 0.6 is 0 Å². The van der Waals surface area contributed by atoms with Gasteiger partial charge in [0.1, 0.15) is 11.8 Å². The number of alkyl halides is 3. The number of para-hydroxylation sites is 2. The predicted molar refractivity (Wildman–Crippen MR) is 132 cm³/mol. The molecular weight excluding hydrogens is 483 g/mol. The van der Waals surface area contributed by atoms with E-state index in [1.807, 2.05) is 30.5 Å². The molecule has 3 aromatic carbocycles. The second-order valence-corrected chi connectivity index (χ2v) is 8.79. The summed E-state index contributed by atoms with van der Waals surface area (Å²) in [6.07, 6.45) is -2.23. The topological polar surface area (TPSA) is 74.4 Å². The minimum atomic E-state index is -4.83. The molecule has 190 valence electrons. The number of fused-ring (bicyclic) bond motifs is 2. The number of nitrogens with zero attached hydrogens (tertiary/aromatic N) is 1. The van der Waals surface area contributed by atoms with Crippen LogP contribution in [0.2, 0.25) is 0 Å². The SMILES string of the molecule is O=C(NCCc1c[nH]c2ccccc12)C1c2ccccc2C(=O)N1CCc1ccccc1OC(F)(F)F. The zero-order valence-electron chi connectivity index (χ0n) is 19.7. The van der Waals surface area contributed by atoms with Crippen LogP contribution in [0.1, 0.15) is 33.1 Å². The Bertz CT molecular complexity index is 1450. The normalized spacial score (nSPS) is 15.2. The molecule has 1 unspecified atom stereocenters. The lowest BCUT2D eigenvalue weighted by atomic mass is 10.0. The summed E-state index contributed by atoms with van der Waals surface area (Å²) < 4.78 is 42.7. The van der Waals surface area contributed by atoms with Gasteiger partial charge in [0.15, 0.2) is 0 Å². The van der Waals surface area contributed by atoms with Crippen molar-refractivity contribution in [3.8, 4) is 5.75 Å². The molecule has 1 aromatic heterocycles.